The first-order valence-electron chi connectivity index (χ1n) is 3.30. The van der Waals surface area contributed by atoms with E-state index in [4.69, 9.17) is 10.2 Å². The standard InChI is InChI=1S/C6H10O7/c1-11-2-4(13-6(9)10)3-12-5(7)8/h4H,2-3H2,1H3,(H,7,8)(H,9,10). The van der Waals surface area contributed by atoms with E-state index < -0.39 is 18.4 Å². The van der Waals surface area contributed by atoms with Crippen molar-refractivity contribution in [3.8, 4) is 0 Å². The molecule has 76 valence electrons. The van der Waals surface area contributed by atoms with Crippen molar-refractivity contribution >= 4 is 12.3 Å². The third-order valence-corrected chi connectivity index (χ3v) is 1.01. The Kier molecular flexibility index (Phi) is 5.37. The SMILES string of the molecule is COCC(COC(=O)O)OC(=O)O. The smallest absolute Gasteiger partial charge is 0.450 e. The molecule has 0 aliphatic carbocycles. The molecular weight excluding hydrogens is 184 g/mol. The quantitative estimate of drug-likeness (QED) is 0.610. The topological polar surface area (TPSA) is 102 Å². The van der Waals surface area contributed by atoms with E-state index in [0.29, 0.717) is 0 Å². The van der Waals surface area contributed by atoms with E-state index in [2.05, 4.69) is 14.2 Å². The predicted octanol–water partition coefficient (Wildman–Crippen LogP) is 0.391. The van der Waals surface area contributed by atoms with Crippen molar-refractivity contribution in [3.63, 3.8) is 0 Å². The van der Waals surface area contributed by atoms with E-state index in [-0.39, 0.29) is 13.2 Å². The maximum Gasteiger partial charge on any atom is 0.506 e. The second-order valence-electron chi connectivity index (χ2n) is 2.04. The van der Waals surface area contributed by atoms with Crippen molar-refractivity contribution in [3.05, 3.63) is 0 Å². The van der Waals surface area contributed by atoms with Crippen molar-refractivity contribution in [1.82, 2.24) is 0 Å². The summed E-state index contributed by atoms with van der Waals surface area (Å²) in [5.41, 5.74) is 0. The van der Waals surface area contributed by atoms with Gasteiger partial charge in [-0.05, 0) is 0 Å². The van der Waals surface area contributed by atoms with Crippen LogP contribution in [0.5, 0.6) is 0 Å². The number of hydrogen-bond acceptors (Lipinski definition) is 5. The van der Waals surface area contributed by atoms with Crippen LogP contribution < -0.4 is 0 Å². The van der Waals surface area contributed by atoms with Gasteiger partial charge in [0.15, 0.2) is 6.10 Å². The zero-order valence-corrected chi connectivity index (χ0v) is 6.93. The molecule has 0 amide bonds. The zero-order valence-electron chi connectivity index (χ0n) is 6.93. The molecule has 0 heterocycles. The minimum Gasteiger partial charge on any atom is -0.450 e. The van der Waals surface area contributed by atoms with Crippen molar-refractivity contribution in [2.24, 2.45) is 0 Å². The molecule has 7 heteroatoms. The highest BCUT2D eigenvalue weighted by atomic mass is 16.7. The zero-order chi connectivity index (χ0) is 10.3. The number of hydrogen-bond donors (Lipinski definition) is 2. The molecule has 0 aliphatic rings. The molecule has 0 bridgehead atoms. The third-order valence-electron chi connectivity index (χ3n) is 1.01. The van der Waals surface area contributed by atoms with Crippen LogP contribution in [-0.2, 0) is 14.2 Å². The molecule has 1 unspecified atom stereocenters. The van der Waals surface area contributed by atoms with Crippen LogP contribution in [0.25, 0.3) is 0 Å². The van der Waals surface area contributed by atoms with Crippen LogP contribution in [0.15, 0.2) is 0 Å². The van der Waals surface area contributed by atoms with Gasteiger partial charge in [0.2, 0.25) is 0 Å². The monoisotopic (exact) mass is 194 g/mol. The summed E-state index contributed by atoms with van der Waals surface area (Å²) in [7, 11) is 1.33. The van der Waals surface area contributed by atoms with E-state index in [1.54, 1.807) is 0 Å². The molecule has 0 radical (unpaired) electrons. The fourth-order valence-electron chi connectivity index (χ4n) is 0.609. The van der Waals surface area contributed by atoms with Gasteiger partial charge in [0.1, 0.15) is 6.61 Å². The van der Waals surface area contributed by atoms with Crippen LogP contribution in [0.4, 0.5) is 9.59 Å². The van der Waals surface area contributed by atoms with Gasteiger partial charge in [-0.2, -0.15) is 0 Å². The lowest BCUT2D eigenvalue weighted by atomic mass is 10.4. The first-order chi connectivity index (χ1) is 6.06. The molecule has 0 aromatic carbocycles. The van der Waals surface area contributed by atoms with Gasteiger partial charge in [-0.1, -0.05) is 0 Å². The molecule has 0 rings (SSSR count). The fourth-order valence-corrected chi connectivity index (χ4v) is 0.609. The molecule has 7 nitrogen and oxygen atoms in total. The van der Waals surface area contributed by atoms with Crippen molar-refractivity contribution < 1.29 is 34.0 Å². The summed E-state index contributed by atoms with van der Waals surface area (Å²) in [6.45, 7) is -0.435. The van der Waals surface area contributed by atoms with Gasteiger partial charge in [0.25, 0.3) is 0 Å². The maximum absolute atomic E-state index is 10.0. The lowest BCUT2D eigenvalue weighted by Gasteiger charge is -2.13. The highest BCUT2D eigenvalue weighted by Gasteiger charge is 2.15. The van der Waals surface area contributed by atoms with E-state index in [1.807, 2.05) is 0 Å². The lowest BCUT2D eigenvalue weighted by molar-refractivity contribution is -0.0256. The minimum absolute atomic E-state index is 0.0560. The van der Waals surface area contributed by atoms with E-state index in [1.165, 1.54) is 7.11 Å². The summed E-state index contributed by atoms with van der Waals surface area (Å²) in [4.78, 5) is 20.0. The number of methoxy groups -OCH3 is 1. The normalized spacial score (nSPS) is 11.8. The molecular formula is C6H10O7. The van der Waals surface area contributed by atoms with Crippen LogP contribution in [-0.4, -0.2) is 49.0 Å². The van der Waals surface area contributed by atoms with Crippen molar-refractivity contribution in [1.29, 1.82) is 0 Å². The predicted molar refractivity (Wildman–Crippen MR) is 38.8 cm³/mol. The van der Waals surface area contributed by atoms with Gasteiger partial charge in [0.05, 0.1) is 6.61 Å². The van der Waals surface area contributed by atoms with Crippen LogP contribution in [0.1, 0.15) is 0 Å². The average Bonchev–Trinajstić information content (AvgIpc) is 1.99. The Morgan fingerprint density at radius 3 is 2.23 bits per heavy atom. The summed E-state index contributed by atoms with van der Waals surface area (Å²) in [5.74, 6) is 0. The third kappa shape index (κ3) is 6.88. The van der Waals surface area contributed by atoms with Crippen molar-refractivity contribution in [2.75, 3.05) is 20.3 Å². The van der Waals surface area contributed by atoms with Crippen LogP contribution in [0, 0.1) is 0 Å². The Balaban J connectivity index is 3.79. The first kappa shape index (κ1) is 11.5. The molecule has 13 heavy (non-hydrogen) atoms. The minimum atomic E-state index is -1.50. The van der Waals surface area contributed by atoms with Gasteiger partial charge in [-0.15, -0.1) is 0 Å². The Labute approximate surface area is 73.8 Å². The molecule has 0 spiro atoms. The Bertz CT molecular complexity index is 178. The molecule has 1 atom stereocenters. The first-order valence-corrected chi connectivity index (χ1v) is 3.30. The fraction of sp³-hybridized carbons (Fsp3) is 0.667. The number of carboxylic acid groups (broad SMARTS) is 2. The Morgan fingerprint density at radius 2 is 1.85 bits per heavy atom. The summed E-state index contributed by atoms with van der Waals surface area (Å²) in [5, 5.41) is 16.3. The van der Waals surface area contributed by atoms with Crippen LogP contribution in [0.2, 0.25) is 0 Å². The van der Waals surface area contributed by atoms with E-state index in [0.717, 1.165) is 0 Å². The van der Waals surface area contributed by atoms with Gasteiger partial charge < -0.3 is 24.4 Å². The largest absolute Gasteiger partial charge is 0.506 e. The summed E-state index contributed by atoms with van der Waals surface area (Å²) in [6, 6.07) is 0. The average molecular weight is 194 g/mol. The molecule has 0 aromatic heterocycles. The van der Waals surface area contributed by atoms with Gasteiger partial charge in [0, 0.05) is 7.11 Å². The molecule has 0 fully saturated rings. The van der Waals surface area contributed by atoms with Crippen molar-refractivity contribution in [2.45, 2.75) is 6.10 Å². The molecule has 0 aliphatic heterocycles. The Hall–Kier alpha value is -1.50. The molecule has 2 N–H and O–H groups in total. The highest BCUT2D eigenvalue weighted by molar-refractivity contribution is 5.58. The van der Waals surface area contributed by atoms with Gasteiger partial charge in [-0.3, -0.25) is 0 Å². The van der Waals surface area contributed by atoms with Crippen LogP contribution >= 0.6 is 0 Å². The Morgan fingerprint density at radius 1 is 1.23 bits per heavy atom. The summed E-state index contributed by atoms with van der Waals surface area (Å²) in [6.07, 6.45) is -3.93. The number of carbonyl (C=O) groups is 2. The molecule has 0 aromatic rings. The number of ether oxygens (including phenoxy) is 3. The second-order valence-corrected chi connectivity index (χ2v) is 2.04. The molecule has 0 saturated carbocycles. The van der Waals surface area contributed by atoms with Gasteiger partial charge >= 0.3 is 12.3 Å². The number of rotatable bonds is 5. The van der Waals surface area contributed by atoms with Crippen LogP contribution in [0.3, 0.4) is 0 Å². The van der Waals surface area contributed by atoms with E-state index in [9.17, 15) is 9.59 Å². The van der Waals surface area contributed by atoms with E-state index >= 15 is 0 Å². The van der Waals surface area contributed by atoms with Gasteiger partial charge in [-0.25, -0.2) is 9.59 Å². The summed E-state index contributed by atoms with van der Waals surface area (Å²) < 4.78 is 12.9. The molecule has 0 saturated heterocycles. The second kappa shape index (κ2) is 6.06. The maximum atomic E-state index is 10.0. The highest BCUT2D eigenvalue weighted by Crippen LogP contribution is 1.95. The summed E-state index contributed by atoms with van der Waals surface area (Å²) >= 11 is 0. The lowest BCUT2D eigenvalue weighted by Crippen LogP contribution is -2.28.